The zero-order valence-corrected chi connectivity index (χ0v) is 26.8. The molecule has 43 heavy (non-hydrogen) atoms. The maximum atomic E-state index is 12.7. The average molecular weight is 654 g/mol. The van der Waals surface area contributed by atoms with E-state index in [0.717, 1.165) is 34.2 Å². The van der Waals surface area contributed by atoms with Crippen LogP contribution in [0.3, 0.4) is 0 Å². The molecule has 0 aliphatic carbocycles. The minimum atomic E-state index is -1.05. The number of para-hydroxylation sites is 1. The first-order valence-electron chi connectivity index (χ1n) is 15.4. The van der Waals surface area contributed by atoms with E-state index in [1.165, 1.54) is 51.4 Å². The molecule has 0 heterocycles. The summed E-state index contributed by atoms with van der Waals surface area (Å²) < 4.78 is 6.62. The fraction of sp³-hybridized carbons (Fsp3) is 0.429. The van der Waals surface area contributed by atoms with Gasteiger partial charge in [0.05, 0.1) is 6.54 Å². The van der Waals surface area contributed by atoms with E-state index in [-0.39, 0.29) is 5.91 Å². The Labute approximate surface area is 264 Å². The fourth-order valence-electron chi connectivity index (χ4n) is 4.71. The minimum Gasteiger partial charge on any atom is -0.479 e. The number of carboxylic acid groups (broad SMARTS) is 1. The van der Waals surface area contributed by atoms with Crippen LogP contribution >= 0.6 is 15.9 Å². The number of ether oxygens (including phenoxy) is 1. The first-order chi connectivity index (χ1) is 20.9. The van der Waals surface area contributed by atoms with Gasteiger partial charge in [-0.05, 0) is 53.9 Å². The molecular weight excluding hydrogens is 608 g/mol. The minimum absolute atomic E-state index is 0.0973. The first kappa shape index (κ1) is 34.3. The fourth-order valence-corrected chi connectivity index (χ4v) is 5.21. The number of amides is 1. The van der Waals surface area contributed by atoms with Crippen LogP contribution in [0.4, 0.5) is 0 Å². The highest BCUT2D eigenvalue weighted by Crippen LogP contribution is 2.24. The number of benzene rings is 3. The van der Waals surface area contributed by atoms with Crippen LogP contribution in [-0.4, -0.2) is 35.2 Å². The van der Waals surface area contributed by atoms with Crippen molar-refractivity contribution in [1.29, 1.82) is 0 Å². The topological polar surface area (TPSA) is 88.1 Å². The third-order valence-electron chi connectivity index (χ3n) is 7.11. The van der Waals surface area contributed by atoms with Crippen LogP contribution in [0.1, 0.15) is 92.6 Å². The molecule has 3 aromatic rings. The molecule has 0 bridgehead atoms. The van der Waals surface area contributed by atoms with Crippen molar-refractivity contribution in [2.24, 2.45) is 0 Å². The van der Waals surface area contributed by atoms with Crippen molar-refractivity contribution >= 4 is 27.8 Å². The molecule has 0 fully saturated rings. The Kier molecular flexibility index (Phi) is 15.9. The van der Waals surface area contributed by atoms with E-state index in [0.29, 0.717) is 30.9 Å². The third kappa shape index (κ3) is 13.8. The zero-order valence-electron chi connectivity index (χ0n) is 25.2. The zero-order chi connectivity index (χ0) is 30.7. The number of hydrogen-bond acceptors (Lipinski definition) is 5. The molecule has 7 nitrogen and oxygen atoms in total. The van der Waals surface area contributed by atoms with Crippen molar-refractivity contribution in [1.82, 2.24) is 10.4 Å². The van der Waals surface area contributed by atoms with Gasteiger partial charge in [-0.3, -0.25) is 9.63 Å². The Morgan fingerprint density at radius 2 is 1.42 bits per heavy atom. The molecule has 0 radical (unpaired) electrons. The quantitative estimate of drug-likeness (QED) is 0.0882. The van der Waals surface area contributed by atoms with Crippen LogP contribution in [0.15, 0.2) is 77.3 Å². The van der Waals surface area contributed by atoms with Crippen LogP contribution in [0.2, 0.25) is 0 Å². The monoisotopic (exact) mass is 652 g/mol. The predicted molar refractivity (Wildman–Crippen MR) is 174 cm³/mol. The lowest BCUT2D eigenvalue weighted by atomic mass is 10.1. The van der Waals surface area contributed by atoms with E-state index in [2.05, 4.69) is 28.2 Å². The molecule has 232 valence electrons. The van der Waals surface area contributed by atoms with Crippen molar-refractivity contribution in [3.63, 3.8) is 0 Å². The lowest BCUT2D eigenvalue weighted by molar-refractivity contribution is -0.190. The summed E-state index contributed by atoms with van der Waals surface area (Å²) in [6.07, 6.45) is 12.6. The van der Waals surface area contributed by atoms with Gasteiger partial charge in [-0.25, -0.2) is 4.79 Å². The number of nitrogens with zero attached hydrogens (tertiary/aromatic N) is 1. The van der Waals surface area contributed by atoms with E-state index < -0.39 is 12.6 Å². The highest BCUT2D eigenvalue weighted by atomic mass is 79.9. The van der Waals surface area contributed by atoms with Gasteiger partial charge in [-0.1, -0.05) is 117 Å². The second-order valence-corrected chi connectivity index (χ2v) is 11.6. The van der Waals surface area contributed by atoms with Crippen LogP contribution in [0.25, 0.3) is 0 Å². The lowest BCUT2D eigenvalue weighted by Gasteiger charge is -2.22. The average Bonchev–Trinajstić information content (AvgIpc) is 3.01. The molecule has 1 amide bonds. The van der Waals surface area contributed by atoms with Gasteiger partial charge in [0, 0.05) is 23.1 Å². The smallest absolute Gasteiger partial charge is 0.331 e. The Morgan fingerprint density at radius 1 is 0.791 bits per heavy atom. The second kappa shape index (κ2) is 19.9. The van der Waals surface area contributed by atoms with Gasteiger partial charge in [0.1, 0.15) is 11.5 Å². The molecule has 0 aliphatic rings. The number of aliphatic carboxylic acids is 1. The second-order valence-electron chi connectivity index (χ2n) is 10.8. The number of hydroxylamine groups is 2. The normalized spacial score (nSPS) is 11.0. The molecule has 3 aromatic carbocycles. The van der Waals surface area contributed by atoms with E-state index in [1.807, 2.05) is 60.7 Å². The van der Waals surface area contributed by atoms with E-state index in [9.17, 15) is 14.7 Å². The summed E-state index contributed by atoms with van der Waals surface area (Å²) in [4.78, 5) is 29.5. The largest absolute Gasteiger partial charge is 0.479 e. The summed E-state index contributed by atoms with van der Waals surface area (Å²) in [7, 11) is 0. The van der Waals surface area contributed by atoms with Gasteiger partial charge in [-0.15, -0.1) is 0 Å². The summed E-state index contributed by atoms with van der Waals surface area (Å²) in [5.74, 6) is 0.310. The molecule has 8 heteroatoms. The molecule has 2 N–H and O–H groups in total. The molecule has 0 saturated heterocycles. The van der Waals surface area contributed by atoms with Gasteiger partial charge in [-0.2, -0.15) is 5.06 Å². The standard InChI is InChI=1S/C35H45BrN2O5/c1-2-3-4-5-6-7-8-9-10-14-23-37-35(41)29-19-20-30(33(36)24-29)26-38(42-27-34(39)40)25-28-17-21-32(22-18-28)43-31-15-12-11-13-16-31/h11-13,15-22,24H,2-10,14,23,25-27H2,1H3,(H,37,41)(H,39,40). The number of rotatable bonds is 21. The van der Waals surface area contributed by atoms with E-state index >= 15 is 0 Å². The first-order valence-corrected chi connectivity index (χ1v) is 16.2. The van der Waals surface area contributed by atoms with E-state index in [1.54, 1.807) is 17.2 Å². The van der Waals surface area contributed by atoms with Gasteiger partial charge < -0.3 is 15.2 Å². The maximum absolute atomic E-state index is 12.7. The molecule has 0 unspecified atom stereocenters. The third-order valence-corrected chi connectivity index (χ3v) is 7.85. The number of carbonyl (C=O) groups is 2. The maximum Gasteiger partial charge on any atom is 0.331 e. The van der Waals surface area contributed by atoms with Crippen molar-refractivity contribution in [3.05, 3.63) is 94.0 Å². The number of carbonyl (C=O) groups excluding carboxylic acids is 1. The van der Waals surface area contributed by atoms with Gasteiger partial charge in [0.2, 0.25) is 0 Å². The summed E-state index contributed by atoms with van der Waals surface area (Å²) in [6.45, 7) is 3.16. The Hall–Kier alpha value is -3.20. The summed E-state index contributed by atoms with van der Waals surface area (Å²) >= 11 is 3.59. The molecule has 0 aliphatic heterocycles. The van der Waals surface area contributed by atoms with Crippen molar-refractivity contribution < 1.29 is 24.3 Å². The van der Waals surface area contributed by atoms with Crippen LogP contribution in [-0.2, 0) is 22.7 Å². The molecule has 0 spiro atoms. The highest BCUT2D eigenvalue weighted by molar-refractivity contribution is 9.10. The van der Waals surface area contributed by atoms with Gasteiger partial charge in [0.15, 0.2) is 6.61 Å². The van der Waals surface area contributed by atoms with Crippen molar-refractivity contribution in [2.45, 2.75) is 84.2 Å². The molecule has 3 rings (SSSR count). The number of halogens is 1. The van der Waals surface area contributed by atoms with Crippen molar-refractivity contribution in [2.75, 3.05) is 13.2 Å². The number of hydrogen-bond donors (Lipinski definition) is 2. The SMILES string of the molecule is CCCCCCCCCCCCNC(=O)c1ccc(CN(Cc2ccc(Oc3ccccc3)cc2)OCC(=O)O)c(Br)c1. The molecule has 0 atom stereocenters. The Balaban J connectivity index is 1.46. The van der Waals surface area contributed by atoms with Crippen LogP contribution in [0, 0.1) is 0 Å². The summed E-state index contributed by atoms with van der Waals surface area (Å²) in [5.41, 5.74) is 2.39. The van der Waals surface area contributed by atoms with Gasteiger partial charge in [0.25, 0.3) is 5.91 Å². The Bertz CT molecular complexity index is 1240. The van der Waals surface area contributed by atoms with Crippen LogP contribution < -0.4 is 10.1 Å². The molecule has 0 saturated carbocycles. The summed E-state index contributed by atoms with van der Waals surface area (Å²) in [6, 6.07) is 22.6. The number of carboxylic acids is 1. The summed E-state index contributed by atoms with van der Waals surface area (Å²) in [5, 5.41) is 13.8. The predicted octanol–water partition coefficient (Wildman–Crippen LogP) is 8.91. The Morgan fingerprint density at radius 3 is 2.05 bits per heavy atom. The number of nitrogens with one attached hydrogen (secondary N) is 1. The lowest BCUT2D eigenvalue weighted by Crippen LogP contribution is -2.27. The number of unbranched alkanes of at least 4 members (excludes halogenated alkanes) is 9. The van der Waals surface area contributed by atoms with Gasteiger partial charge >= 0.3 is 5.97 Å². The van der Waals surface area contributed by atoms with Crippen molar-refractivity contribution in [3.8, 4) is 11.5 Å². The highest BCUT2D eigenvalue weighted by Gasteiger charge is 2.14. The van der Waals surface area contributed by atoms with E-state index in [4.69, 9.17) is 9.57 Å². The molecular formula is C35H45BrN2O5. The molecule has 0 aromatic heterocycles. The van der Waals surface area contributed by atoms with Crippen LogP contribution in [0.5, 0.6) is 11.5 Å².